The van der Waals surface area contributed by atoms with E-state index in [0.29, 0.717) is 5.69 Å². The number of nitrogens with zero attached hydrogens (tertiary/aromatic N) is 4. The second-order valence-electron chi connectivity index (χ2n) is 5.73. The Kier molecular flexibility index (Phi) is 4.12. The number of halogens is 3. The molecule has 2 atom stereocenters. The predicted octanol–water partition coefficient (Wildman–Crippen LogP) is 2.44. The number of carbonyl (C=O) groups is 1. The number of hydrogen-bond donors (Lipinski definition) is 1. The van der Waals surface area contributed by atoms with Gasteiger partial charge in [0.1, 0.15) is 11.6 Å². The van der Waals surface area contributed by atoms with Crippen molar-refractivity contribution in [3.05, 3.63) is 42.2 Å². The minimum Gasteiger partial charge on any atom is -0.481 e. The number of carboxylic acid groups (broad SMARTS) is 1. The van der Waals surface area contributed by atoms with E-state index in [0.717, 1.165) is 0 Å². The molecular formula is C16H13F3N4O2. The van der Waals surface area contributed by atoms with Crippen molar-refractivity contribution >= 4 is 11.7 Å². The summed E-state index contributed by atoms with van der Waals surface area (Å²) < 4.78 is 41.0. The molecule has 25 heavy (non-hydrogen) atoms. The fraction of sp³-hybridized carbons (Fsp3) is 0.312. The quantitative estimate of drug-likeness (QED) is 0.919. The van der Waals surface area contributed by atoms with E-state index < -0.39 is 30.5 Å². The molecule has 0 amide bonds. The van der Waals surface area contributed by atoms with Crippen LogP contribution in [0.2, 0.25) is 0 Å². The van der Waals surface area contributed by atoms with Crippen LogP contribution in [0.15, 0.2) is 36.7 Å². The van der Waals surface area contributed by atoms with Crippen LogP contribution >= 0.6 is 0 Å². The normalized spacial score (nSPS) is 20.5. The number of nitriles is 1. The Balaban J connectivity index is 2.02. The molecule has 6 nitrogen and oxygen atoms in total. The molecular weight excluding hydrogens is 337 g/mol. The SMILES string of the molecule is N#Cc1c(N2C[C@@H](C(F)(F)F)[C@H](C(=O)O)C2)cccc1-n1cccn1. The highest BCUT2D eigenvalue weighted by Crippen LogP contribution is 2.40. The van der Waals surface area contributed by atoms with Crippen molar-refractivity contribution in [1.82, 2.24) is 9.78 Å². The van der Waals surface area contributed by atoms with E-state index in [-0.39, 0.29) is 17.8 Å². The third-order valence-corrected chi connectivity index (χ3v) is 4.28. The highest BCUT2D eigenvalue weighted by atomic mass is 19.4. The number of anilines is 1. The molecule has 0 bridgehead atoms. The topological polar surface area (TPSA) is 82.1 Å². The third kappa shape index (κ3) is 3.03. The van der Waals surface area contributed by atoms with E-state index in [1.165, 1.54) is 21.8 Å². The number of aliphatic carboxylic acids is 1. The van der Waals surface area contributed by atoms with Gasteiger partial charge in [-0.1, -0.05) is 6.07 Å². The van der Waals surface area contributed by atoms with Gasteiger partial charge in [-0.2, -0.15) is 23.5 Å². The summed E-state index contributed by atoms with van der Waals surface area (Å²) in [4.78, 5) is 12.5. The van der Waals surface area contributed by atoms with Crippen molar-refractivity contribution in [2.45, 2.75) is 6.18 Å². The molecule has 1 aromatic carbocycles. The van der Waals surface area contributed by atoms with Crippen molar-refractivity contribution in [3.63, 3.8) is 0 Å². The minimum absolute atomic E-state index is 0.151. The van der Waals surface area contributed by atoms with E-state index in [9.17, 15) is 23.2 Å². The zero-order valence-electron chi connectivity index (χ0n) is 12.8. The smallest absolute Gasteiger partial charge is 0.394 e. The Hall–Kier alpha value is -3.02. The maximum absolute atomic E-state index is 13.2. The van der Waals surface area contributed by atoms with E-state index in [1.54, 1.807) is 24.4 Å². The average Bonchev–Trinajstić information content (AvgIpc) is 3.23. The molecule has 0 saturated carbocycles. The zero-order chi connectivity index (χ0) is 18.2. The van der Waals surface area contributed by atoms with Crippen LogP contribution in [0.1, 0.15) is 5.56 Å². The van der Waals surface area contributed by atoms with Gasteiger partial charge in [-0.05, 0) is 18.2 Å². The molecule has 1 N–H and O–H groups in total. The lowest BCUT2D eigenvalue weighted by Gasteiger charge is -2.21. The van der Waals surface area contributed by atoms with E-state index in [1.807, 2.05) is 6.07 Å². The Bertz CT molecular complexity index is 827. The van der Waals surface area contributed by atoms with E-state index in [4.69, 9.17) is 5.11 Å². The first kappa shape index (κ1) is 16.8. The Morgan fingerprint density at radius 3 is 2.52 bits per heavy atom. The van der Waals surface area contributed by atoms with Crippen molar-refractivity contribution in [2.75, 3.05) is 18.0 Å². The molecule has 130 valence electrons. The molecule has 0 unspecified atom stereocenters. The van der Waals surface area contributed by atoms with Gasteiger partial charge in [0.15, 0.2) is 0 Å². The van der Waals surface area contributed by atoms with Crippen LogP contribution in [-0.2, 0) is 4.79 Å². The first-order valence-corrected chi connectivity index (χ1v) is 7.40. The number of rotatable bonds is 3. The summed E-state index contributed by atoms with van der Waals surface area (Å²) in [5, 5.41) is 22.7. The molecule has 9 heteroatoms. The molecule has 1 aliphatic rings. The largest absolute Gasteiger partial charge is 0.481 e. The van der Waals surface area contributed by atoms with Crippen molar-refractivity contribution in [1.29, 1.82) is 5.26 Å². The highest BCUT2D eigenvalue weighted by Gasteiger charge is 2.52. The fourth-order valence-electron chi connectivity index (χ4n) is 3.09. The van der Waals surface area contributed by atoms with E-state index in [2.05, 4.69) is 5.10 Å². The predicted molar refractivity (Wildman–Crippen MR) is 81.2 cm³/mol. The molecule has 0 aliphatic carbocycles. The van der Waals surface area contributed by atoms with Crippen molar-refractivity contribution in [3.8, 4) is 11.8 Å². The summed E-state index contributed by atoms with van der Waals surface area (Å²) in [6.07, 6.45) is -1.49. The summed E-state index contributed by atoms with van der Waals surface area (Å²) in [6.45, 7) is -0.811. The van der Waals surface area contributed by atoms with Gasteiger partial charge in [-0.3, -0.25) is 4.79 Å². The molecule has 0 spiro atoms. The molecule has 2 aromatic rings. The molecule has 2 heterocycles. The molecule has 1 aliphatic heterocycles. The first-order chi connectivity index (χ1) is 11.8. The molecule has 3 rings (SSSR count). The molecule has 1 fully saturated rings. The lowest BCUT2D eigenvalue weighted by atomic mass is 9.96. The van der Waals surface area contributed by atoms with Gasteiger partial charge in [0.25, 0.3) is 0 Å². The number of hydrogen-bond acceptors (Lipinski definition) is 4. The van der Waals surface area contributed by atoms with E-state index >= 15 is 0 Å². The second-order valence-corrected chi connectivity index (χ2v) is 5.73. The lowest BCUT2D eigenvalue weighted by Crippen LogP contribution is -2.33. The van der Waals surface area contributed by atoms with Crippen LogP contribution in [0.25, 0.3) is 5.69 Å². The van der Waals surface area contributed by atoms with Crippen molar-refractivity contribution in [2.24, 2.45) is 11.8 Å². The second kappa shape index (κ2) is 6.12. The summed E-state index contributed by atoms with van der Waals surface area (Å²) in [6, 6.07) is 8.40. The number of alkyl halides is 3. The van der Waals surface area contributed by atoms with Crippen molar-refractivity contribution < 1.29 is 23.1 Å². The summed E-state index contributed by atoms with van der Waals surface area (Å²) >= 11 is 0. The van der Waals surface area contributed by atoms with Crippen LogP contribution in [0.4, 0.5) is 18.9 Å². The maximum atomic E-state index is 13.2. The van der Waals surface area contributed by atoms with Gasteiger partial charge in [0.2, 0.25) is 0 Å². The van der Waals surface area contributed by atoms with Crippen LogP contribution in [0.5, 0.6) is 0 Å². The van der Waals surface area contributed by atoms with Gasteiger partial charge in [0.05, 0.1) is 23.2 Å². The number of aromatic nitrogens is 2. The fourth-order valence-corrected chi connectivity index (χ4v) is 3.09. The molecule has 1 saturated heterocycles. The average molecular weight is 350 g/mol. The molecule has 0 radical (unpaired) electrons. The zero-order valence-corrected chi connectivity index (χ0v) is 12.8. The van der Waals surface area contributed by atoms with Crippen LogP contribution in [0.3, 0.4) is 0 Å². The van der Waals surface area contributed by atoms with Crippen LogP contribution in [0, 0.1) is 23.2 Å². The Morgan fingerprint density at radius 2 is 2.00 bits per heavy atom. The first-order valence-electron chi connectivity index (χ1n) is 7.40. The minimum atomic E-state index is -4.62. The molecule has 1 aromatic heterocycles. The maximum Gasteiger partial charge on any atom is 0.394 e. The van der Waals surface area contributed by atoms with Gasteiger partial charge in [0, 0.05) is 25.5 Å². The standard InChI is InChI=1S/C16H13F3N4O2/c17-16(18,19)12-9-22(8-11(12)15(24)25)13-3-1-4-14(10(13)7-20)23-6-2-5-21-23/h1-6,11-12H,8-9H2,(H,24,25)/t11-,12-/m1/s1. The van der Waals surface area contributed by atoms with Crippen LogP contribution in [-0.4, -0.2) is 40.1 Å². The third-order valence-electron chi connectivity index (χ3n) is 4.28. The lowest BCUT2D eigenvalue weighted by molar-refractivity contribution is -0.187. The van der Waals surface area contributed by atoms with Gasteiger partial charge < -0.3 is 10.0 Å². The van der Waals surface area contributed by atoms with Gasteiger partial charge in [-0.25, -0.2) is 4.68 Å². The summed E-state index contributed by atoms with van der Waals surface area (Å²) in [5.74, 6) is -5.05. The van der Waals surface area contributed by atoms with Crippen LogP contribution < -0.4 is 4.90 Å². The highest BCUT2D eigenvalue weighted by molar-refractivity contribution is 5.74. The Labute approximate surface area is 140 Å². The number of benzene rings is 1. The summed E-state index contributed by atoms with van der Waals surface area (Å²) in [7, 11) is 0. The monoisotopic (exact) mass is 350 g/mol. The van der Waals surface area contributed by atoms with Gasteiger partial charge in [-0.15, -0.1) is 0 Å². The van der Waals surface area contributed by atoms with Gasteiger partial charge >= 0.3 is 12.1 Å². The Morgan fingerprint density at radius 1 is 1.28 bits per heavy atom. The summed E-state index contributed by atoms with van der Waals surface area (Å²) in [5.41, 5.74) is 0.846. The number of carboxylic acids is 1.